The van der Waals surface area contributed by atoms with Crippen LogP contribution < -0.4 is 10.7 Å². The zero-order chi connectivity index (χ0) is 13.6. The van der Waals surface area contributed by atoms with E-state index in [1.54, 1.807) is 7.11 Å². The van der Waals surface area contributed by atoms with Gasteiger partial charge in [0, 0.05) is 19.4 Å². The molecule has 4 nitrogen and oxygen atoms in total. The van der Waals surface area contributed by atoms with Gasteiger partial charge in [-0.05, 0) is 42.8 Å². The number of nitrogens with zero attached hydrogens (tertiary/aromatic N) is 1. The molecule has 0 unspecified atom stereocenters. The lowest BCUT2D eigenvalue weighted by atomic mass is 9.72. The van der Waals surface area contributed by atoms with Crippen LogP contribution in [0.5, 0.6) is 0 Å². The molecule has 0 aromatic rings. The minimum atomic E-state index is 0.350. The molecule has 0 bridgehead atoms. The monoisotopic (exact) mass is 271 g/mol. The second-order valence-corrected chi connectivity index (χ2v) is 6.30. The van der Waals surface area contributed by atoms with Crippen LogP contribution in [0.15, 0.2) is 5.10 Å². The predicted molar refractivity (Wildman–Crippen MR) is 79.8 cm³/mol. The van der Waals surface area contributed by atoms with Crippen molar-refractivity contribution >= 4 is 23.0 Å². The minimum absolute atomic E-state index is 0.350. The lowest BCUT2D eigenvalue weighted by Crippen LogP contribution is -2.36. The first-order valence-electron chi connectivity index (χ1n) is 6.51. The summed E-state index contributed by atoms with van der Waals surface area (Å²) in [6.45, 7) is 8.23. The molecule has 0 aromatic carbocycles. The Kier molecular flexibility index (Phi) is 6.02. The van der Waals surface area contributed by atoms with Crippen LogP contribution >= 0.6 is 12.2 Å². The second-order valence-electron chi connectivity index (χ2n) is 5.89. The highest BCUT2D eigenvalue weighted by Gasteiger charge is 2.29. The van der Waals surface area contributed by atoms with Gasteiger partial charge in [0.25, 0.3) is 0 Å². The number of ether oxygens (including phenoxy) is 1. The summed E-state index contributed by atoms with van der Waals surface area (Å²) in [5.74, 6) is 0.698. The maximum absolute atomic E-state index is 5.14. The van der Waals surface area contributed by atoms with Gasteiger partial charge in [-0.15, -0.1) is 0 Å². The molecule has 0 spiro atoms. The Labute approximate surface area is 116 Å². The molecule has 0 radical (unpaired) electrons. The maximum Gasteiger partial charge on any atom is 0.187 e. The molecule has 5 heteroatoms. The molecule has 18 heavy (non-hydrogen) atoms. The van der Waals surface area contributed by atoms with E-state index in [1.165, 1.54) is 12.1 Å². The SMILES string of the molecule is COCCNC(=S)N/N=C1/C[C@H](C)CC(C)(C)C1. The first-order chi connectivity index (χ1) is 8.43. The summed E-state index contributed by atoms with van der Waals surface area (Å²) in [7, 11) is 1.67. The van der Waals surface area contributed by atoms with Crippen LogP contribution in [-0.2, 0) is 4.74 Å². The van der Waals surface area contributed by atoms with Gasteiger partial charge in [-0.2, -0.15) is 5.10 Å². The van der Waals surface area contributed by atoms with Crippen molar-refractivity contribution < 1.29 is 4.74 Å². The quantitative estimate of drug-likeness (QED) is 0.468. The van der Waals surface area contributed by atoms with Crippen molar-refractivity contribution in [2.45, 2.75) is 40.0 Å². The summed E-state index contributed by atoms with van der Waals surface area (Å²) in [5.41, 5.74) is 4.49. The largest absolute Gasteiger partial charge is 0.383 e. The number of nitrogens with one attached hydrogen (secondary N) is 2. The van der Waals surface area contributed by atoms with Crippen molar-refractivity contribution in [2.24, 2.45) is 16.4 Å². The van der Waals surface area contributed by atoms with E-state index in [1.807, 2.05) is 0 Å². The molecular weight excluding hydrogens is 246 g/mol. The smallest absolute Gasteiger partial charge is 0.187 e. The van der Waals surface area contributed by atoms with E-state index in [9.17, 15) is 0 Å². The highest BCUT2D eigenvalue weighted by molar-refractivity contribution is 7.80. The van der Waals surface area contributed by atoms with Gasteiger partial charge >= 0.3 is 0 Å². The van der Waals surface area contributed by atoms with Crippen LogP contribution in [-0.4, -0.2) is 31.1 Å². The Balaban J connectivity index is 2.39. The molecule has 0 saturated heterocycles. The van der Waals surface area contributed by atoms with Gasteiger partial charge < -0.3 is 10.1 Å². The molecule has 1 rings (SSSR count). The van der Waals surface area contributed by atoms with E-state index in [4.69, 9.17) is 17.0 Å². The Morgan fingerprint density at radius 1 is 1.56 bits per heavy atom. The third kappa shape index (κ3) is 5.78. The van der Waals surface area contributed by atoms with E-state index in [0.717, 1.165) is 12.8 Å². The van der Waals surface area contributed by atoms with Gasteiger partial charge in [0.1, 0.15) is 0 Å². The first-order valence-corrected chi connectivity index (χ1v) is 6.92. The average molecular weight is 271 g/mol. The normalized spacial score (nSPS) is 24.9. The molecule has 2 N–H and O–H groups in total. The Morgan fingerprint density at radius 2 is 2.28 bits per heavy atom. The van der Waals surface area contributed by atoms with Crippen molar-refractivity contribution in [3.63, 3.8) is 0 Å². The zero-order valence-electron chi connectivity index (χ0n) is 11.9. The van der Waals surface area contributed by atoms with Gasteiger partial charge in [0.05, 0.1) is 6.61 Å². The van der Waals surface area contributed by atoms with E-state index >= 15 is 0 Å². The Hall–Kier alpha value is -0.680. The van der Waals surface area contributed by atoms with Crippen LogP contribution in [0.3, 0.4) is 0 Å². The van der Waals surface area contributed by atoms with Crippen LogP contribution in [0.1, 0.15) is 40.0 Å². The van der Waals surface area contributed by atoms with E-state index < -0.39 is 0 Å². The molecule has 1 atom stereocenters. The summed E-state index contributed by atoms with van der Waals surface area (Å²) < 4.78 is 4.94. The molecule has 1 fully saturated rings. The number of rotatable bonds is 4. The second kappa shape index (κ2) is 7.04. The molecule has 1 aliphatic rings. The topological polar surface area (TPSA) is 45.6 Å². The van der Waals surface area contributed by atoms with Gasteiger partial charge in [0.15, 0.2) is 5.11 Å². The Morgan fingerprint density at radius 3 is 2.89 bits per heavy atom. The van der Waals surface area contributed by atoms with Crippen molar-refractivity contribution in [2.75, 3.05) is 20.3 Å². The number of hydrogen-bond acceptors (Lipinski definition) is 3. The summed E-state index contributed by atoms with van der Waals surface area (Å²) in [4.78, 5) is 0. The molecule has 0 heterocycles. The summed E-state index contributed by atoms with van der Waals surface area (Å²) >= 11 is 5.14. The van der Waals surface area contributed by atoms with Crippen molar-refractivity contribution in [3.8, 4) is 0 Å². The van der Waals surface area contributed by atoms with Crippen molar-refractivity contribution in [1.29, 1.82) is 0 Å². The highest BCUT2D eigenvalue weighted by Crippen LogP contribution is 2.36. The summed E-state index contributed by atoms with van der Waals surface area (Å²) in [6.07, 6.45) is 3.38. The maximum atomic E-state index is 5.14. The predicted octanol–water partition coefficient (Wildman–Crippen LogP) is 2.30. The number of methoxy groups -OCH3 is 1. The molecule has 104 valence electrons. The van der Waals surface area contributed by atoms with E-state index in [2.05, 4.69) is 36.6 Å². The van der Waals surface area contributed by atoms with Gasteiger partial charge in [-0.25, -0.2) is 0 Å². The molecule has 0 aromatic heterocycles. The highest BCUT2D eigenvalue weighted by atomic mass is 32.1. The van der Waals surface area contributed by atoms with Crippen LogP contribution in [0, 0.1) is 11.3 Å². The third-order valence-electron chi connectivity index (χ3n) is 3.08. The van der Waals surface area contributed by atoms with Crippen molar-refractivity contribution in [3.05, 3.63) is 0 Å². The third-order valence-corrected chi connectivity index (χ3v) is 3.31. The molecule has 0 aliphatic heterocycles. The summed E-state index contributed by atoms with van der Waals surface area (Å²) in [6, 6.07) is 0. The summed E-state index contributed by atoms with van der Waals surface area (Å²) in [5, 5.41) is 8.04. The number of hydrazone groups is 1. The lowest BCUT2D eigenvalue weighted by molar-refractivity contribution is 0.204. The number of hydrogen-bond donors (Lipinski definition) is 2. The molecular formula is C13H25N3OS. The van der Waals surface area contributed by atoms with Crippen LogP contribution in [0.2, 0.25) is 0 Å². The lowest BCUT2D eigenvalue weighted by Gasteiger charge is -2.34. The van der Waals surface area contributed by atoms with E-state index in [0.29, 0.717) is 29.6 Å². The molecule has 1 aliphatic carbocycles. The number of thiocarbonyl (C=S) groups is 1. The fourth-order valence-corrected chi connectivity index (χ4v) is 2.78. The van der Waals surface area contributed by atoms with Crippen LogP contribution in [0.4, 0.5) is 0 Å². The fraction of sp³-hybridized carbons (Fsp3) is 0.846. The molecule has 0 amide bonds. The standard InChI is InChI=1S/C13H25N3OS/c1-10-7-11(9-13(2,3)8-10)15-16-12(18)14-5-6-17-4/h10H,5-9H2,1-4H3,(H2,14,16,18)/b15-11-/t10-/m0/s1. The van der Waals surface area contributed by atoms with Crippen LogP contribution in [0.25, 0.3) is 0 Å². The van der Waals surface area contributed by atoms with Crippen molar-refractivity contribution in [1.82, 2.24) is 10.7 Å². The van der Waals surface area contributed by atoms with E-state index in [-0.39, 0.29) is 0 Å². The fourth-order valence-electron chi connectivity index (χ4n) is 2.64. The van der Waals surface area contributed by atoms with Gasteiger partial charge in [-0.1, -0.05) is 20.8 Å². The molecule has 1 saturated carbocycles. The average Bonchev–Trinajstić information content (AvgIpc) is 2.24. The first kappa shape index (κ1) is 15.4. The van der Waals surface area contributed by atoms with Gasteiger partial charge in [0.2, 0.25) is 0 Å². The Bertz CT molecular complexity index is 315. The zero-order valence-corrected chi connectivity index (χ0v) is 12.7. The van der Waals surface area contributed by atoms with Gasteiger partial charge in [-0.3, -0.25) is 5.43 Å². The minimum Gasteiger partial charge on any atom is -0.383 e.